The van der Waals surface area contributed by atoms with Crippen LogP contribution in [-0.2, 0) is 10.2 Å². The van der Waals surface area contributed by atoms with Gasteiger partial charge in [-0.15, -0.1) is 0 Å². The lowest BCUT2D eigenvalue weighted by Gasteiger charge is -2.54. The first kappa shape index (κ1) is 12.6. The summed E-state index contributed by atoms with van der Waals surface area (Å²) >= 11 is 0. The zero-order chi connectivity index (χ0) is 13.5. The largest absolute Gasteiger partial charge is 0.351 e. The highest BCUT2D eigenvalue weighted by Crippen LogP contribution is 2.53. The number of carbonyl (C=O) groups is 1. The Morgan fingerprint density at radius 2 is 1.68 bits per heavy atom. The molecule has 3 heteroatoms. The fourth-order valence-corrected chi connectivity index (χ4v) is 4.04. The molecule has 0 saturated heterocycles. The van der Waals surface area contributed by atoms with Crippen molar-refractivity contribution in [1.82, 2.24) is 5.32 Å². The summed E-state index contributed by atoms with van der Waals surface area (Å²) < 4.78 is 14.1. The van der Waals surface area contributed by atoms with Gasteiger partial charge in [0.1, 0.15) is 5.82 Å². The van der Waals surface area contributed by atoms with E-state index in [4.69, 9.17) is 0 Å². The smallest absolute Gasteiger partial charge is 0.217 e. The second-order valence-corrected chi connectivity index (χ2v) is 6.22. The van der Waals surface area contributed by atoms with Crippen molar-refractivity contribution in [3.63, 3.8) is 0 Å². The third-order valence-corrected chi connectivity index (χ3v) is 5.13. The summed E-state index contributed by atoms with van der Waals surface area (Å²) in [5.74, 6) is -0.0169. The molecule has 0 spiro atoms. The molecule has 0 radical (unpaired) electrons. The number of benzene rings is 1. The fourth-order valence-electron chi connectivity index (χ4n) is 4.04. The first-order valence-electron chi connectivity index (χ1n) is 7.09. The van der Waals surface area contributed by atoms with E-state index >= 15 is 0 Å². The molecule has 0 aliphatic heterocycles. The van der Waals surface area contributed by atoms with E-state index in [-0.39, 0.29) is 22.7 Å². The van der Waals surface area contributed by atoms with Crippen molar-refractivity contribution in [2.75, 3.05) is 0 Å². The SMILES string of the molecule is CC(=O)NC12CCC(c3ccccc3F)(CC1)CC2. The molecule has 3 saturated carbocycles. The second-order valence-electron chi connectivity index (χ2n) is 6.22. The van der Waals surface area contributed by atoms with Gasteiger partial charge in [0.05, 0.1) is 0 Å². The van der Waals surface area contributed by atoms with Crippen LogP contribution in [0.5, 0.6) is 0 Å². The van der Waals surface area contributed by atoms with Crippen molar-refractivity contribution in [2.45, 2.75) is 56.4 Å². The molecule has 1 amide bonds. The molecule has 0 heterocycles. The Balaban J connectivity index is 1.85. The fraction of sp³-hybridized carbons (Fsp3) is 0.562. The number of rotatable bonds is 2. The zero-order valence-electron chi connectivity index (χ0n) is 11.3. The molecule has 1 N–H and O–H groups in total. The zero-order valence-corrected chi connectivity index (χ0v) is 11.3. The number of halogens is 1. The van der Waals surface area contributed by atoms with E-state index < -0.39 is 0 Å². The molecule has 102 valence electrons. The van der Waals surface area contributed by atoms with Gasteiger partial charge < -0.3 is 5.32 Å². The van der Waals surface area contributed by atoms with Gasteiger partial charge in [0.15, 0.2) is 0 Å². The van der Waals surface area contributed by atoms with Gasteiger partial charge in [-0.05, 0) is 55.6 Å². The molecule has 2 bridgehead atoms. The van der Waals surface area contributed by atoms with E-state index in [9.17, 15) is 9.18 Å². The summed E-state index contributed by atoms with van der Waals surface area (Å²) in [6, 6.07) is 7.18. The standard InChI is InChI=1S/C16H20FNO/c1-12(19)18-16-9-6-15(7-10-16,8-11-16)13-4-2-3-5-14(13)17/h2-5H,6-11H2,1H3,(H,18,19). The average Bonchev–Trinajstić information content (AvgIpc) is 2.40. The Morgan fingerprint density at radius 1 is 1.11 bits per heavy atom. The van der Waals surface area contributed by atoms with Crippen molar-refractivity contribution in [3.8, 4) is 0 Å². The maximum atomic E-state index is 14.1. The minimum Gasteiger partial charge on any atom is -0.351 e. The molecule has 0 aromatic heterocycles. The van der Waals surface area contributed by atoms with Gasteiger partial charge in [0.25, 0.3) is 0 Å². The van der Waals surface area contributed by atoms with Crippen molar-refractivity contribution in [2.24, 2.45) is 0 Å². The number of hydrogen-bond acceptors (Lipinski definition) is 1. The Labute approximate surface area is 113 Å². The molecule has 2 nitrogen and oxygen atoms in total. The summed E-state index contributed by atoms with van der Waals surface area (Å²) in [5, 5.41) is 3.13. The van der Waals surface area contributed by atoms with Crippen LogP contribution in [0.4, 0.5) is 4.39 Å². The van der Waals surface area contributed by atoms with Crippen LogP contribution in [-0.4, -0.2) is 11.4 Å². The van der Waals surface area contributed by atoms with Crippen LogP contribution < -0.4 is 5.32 Å². The number of nitrogens with one attached hydrogen (secondary N) is 1. The van der Waals surface area contributed by atoms with Gasteiger partial charge in [-0.1, -0.05) is 18.2 Å². The Kier molecular flexibility index (Phi) is 2.88. The normalized spacial score (nSPS) is 33.2. The second kappa shape index (κ2) is 4.32. The average molecular weight is 261 g/mol. The van der Waals surface area contributed by atoms with E-state index in [0.717, 1.165) is 44.1 Å². The number of hydrogen-bond donors (Lipinski definition) is 1. The molecule has 19 heavy (non-hydrogen) atoms. The number of fused-ring (bicyclic) bond motifs is 3. The molecule has 0 atom stereocenters. The third-order valence-electron chi connectivity index (χ3n) is 5.13. The van der Waals surface area contributed by atoms with Crippen LogP contribution >= 0.6 is 0 Å². The highest BCUT2D eigenvalue weighted by molar-refractivity contribution is 5.74. The first-order chi connectivity index (χ1) is 9.05. The van der Waals surface area contributed by atoms with Gasteiger partial charge in [0, 0.05) is 12.5 Å². The number of carbonyl (C=O) groups excluding carboxylic acids is 1. The van der Waals surface area contributed by atoms with Crippen LogP contribution in [0, 0.1) is 5.82 Å². The lowest BCUT2D eigenvalue weighted by atomic mass is 9.55. The molecule has 4 rings (SSSR count). The molecule has 1 aromatic carbocycles. The summed E-state index contributed by atoms with van der Waals surface area (Å²) in [5.41, 5.74) is 0.871. The molecular weight excluding hydrogens is 241 g/mol. The van der Waals surface area contributed by atoms with E-state index in [1.165, 1.54) is 0 Å². The van der Waals surface area contributed by atoms with E-state index in [0.29, 0.717) is 0 Å². The summed E-state index contributed by atoms with van der Waals surface area (Å²) in [6.45, 7) is 1.59. The first-order valence-corrected chi connectivity index (χ1v) is 7.09. The minimum atomic E-state index is -0.0728. The third kappa shape index (κ3) is 2.05. The van der Waals surface area contributed by atoms with Crippen LogP contribution in [0.1, 0.15) is 51.0 Å². The molecule has 1 aromatic rings. The highest BCUT2D eigenvalue weighted by atomic mass is 19.1. The predicted octanol–water partition coefficient (Wildman–Crippen LogP) is 3.31. The van der Waals surface area contributed by atoms with Crippen molar-refractivity contribution in [1.29, 1.82) is 0 Å². The summed E-state index contributed by atoms with van der Waals surface area (Å²) in [6.07, 6.45) is 5.86. The van der Waals surface area contributed by atoms with Gasteiger partial charge in [-0.3, -0.25) is 4.79 Å². The molecular formula is C16H20FNO. The topological polar surface area (TPSA) is 29.1 Å². The van der Waals surface area contributed by atoms with Crippen LogP contribution in [0.25, 0.3) is 0 Å². The van der Waals surface area contributed by atoms with Gasteiger partial charge >= 0.3 is 0 Å². The van der Waals surface area contributed by atoms with Gasteiger partial charge in [-0.25, -0.2) is 4.39 Å². The molecule has 0 unspecified atom stereocenters. The van der Waals surface area contributed by atoms with Crippen LogP contribution in [0.15, 0.2) is 24.3 Å². The quantitative estimate of drug-likeness (QED) is 0.869. The lowest BCUT2D eigenvalue weighted by molar-refractivity contribution is -0.122. The molecule has 3 aliphatic rings. The van der Waals surface area contributed by atoms with Crippen molar-refractivity contribution >= 4 is 5.91 Å². The van der Waals surface area contributed by atoms with Crippen LogP contribution in [0.2, 0.25) is 0 Å². The number of amides is 1. The Morgan fingerprint density at radius 3 is 2.21 bits per heavy atom. The van der Waals surface area contributed by atoms with Gasteiger partial charge in [0.2, 0.25) is 5.91 Å². The maximum absolute atomic E-state index is 14.1. The molecule has 3 aliphatic carbocycles. The van der Waals surface area contributed by atoms with E-state index in [2.05, 4.69) is 5.32 Å². The van der Waals surface area contributed by atoms with Crippen molar-refractivity contribution in [3.05, 3.63) is 35.6 Å². The summed E-state index contributed by atoms with van der Waals surface area (Å²) in [7, 11) is 0. The van der Waals surface area contributed by atoms with Crippen LogP contribution in [0.3, 0.4) is 0 Å². The Bertz CT molecular complexity index is 487. The maximum Gasteiger partial charge on any atom is 0.217 e. The molecule has 3 fully saturated rings. The highest BCUT2D eigenvalue weighted by Gasteiger charge is 2.50. The van der Waals surface area contributed by atoms with E-state index in [1.807, 2.05) is 12.1 Å². The monoisotopic (exact) mass is 261 g/mol. The lowest BCUT2D eigenvalue weighted by Crippen LogP contribution is -2.57. The Hall–Kier alpha value is -1.38. The minimum absolute atomic E-state index is 0.00552. The van der Waals surface area contributed by atoms with Gasteiger partial charge in [-0.2, -0.15) is 0 Å². The van der Waals surface area contributed by atoms with Crippen molar-refractivity contribution < 1.29 is 9.18 Å². The van der Waals surface area contributed by atoms with E-state index in [1.54, 1.807) is 19.1 Å². The summed E-state index contributed by atoms with van der Waals surface area (Å²) in [4.78, 5) is 11.3. The predicted molar refractivity (Wildman–Crippen MR) is 72.3 cm³/mol.